The van der Waals surface area contributed by atoms with Gasteiger partial charge in [-0.3, -0.25) is 9.59 Å². The van der Waals surface area contributed by atoms with E-state index in [1.165, 1.54) is 41.5 Å². The average Bonchev–Trinajstić information content (AvgIpc) is 2.46. The van der Waals surface area contributed by atoms with Crippen molar-refractivity contribution in [3.05, 3.63) is 0 Å². The summed E-state index contributed by atoms with van der Waals surface area (Å²) >= 11 is 0. The van der Waals surface area contributed by atoms with Gasteiger partial charge in [-0.05, 0) is 31.6 Å². The van der Waals surface area contributed by atoms with E-state index in [1.807, 2.05) is 13.8 Å². The minimum absolute atomic E-state index is 0.769. The van der Waals surface area contributed by atoms with Crippen molar-refractivity contribution in [2.75, 3.05) is 13.2 Å². The Morgan fingerprint density at radius 2 is 1.19 bits per heavy atom. The molecule has 0 heterocycles. The summed E-state index contributed by atoms with van der Waals surface area (Å²) in [6.07, 6.45) is 0. The molecule has 160 valence electrons. The number of ether oxygens (including phenoxy) is 1. The molecule has 8 heteroatoms. The van der Waals surface area contributed by atoms with Crippen LogP contribution >= 0.6 is 0 Å². The summed E-state index contributed by atoms with van der Waals surface area (Å²) in [6, 6.07) is 0. The summed E-state index contributed by atoms with van der Waals surface area (Å²) in [7, 11) is 0. The van der Waals surface area contributed by atoms with Crippen LogP contribution in [0.15, 0.2) is 0 Å². The largest absolute Gasteiger partial charge is 0.481 e. The third-order valence-corrected chi connectivity index (χ3v) is 4.92. The van der Waals surface area contributed by atoms with Crippen molar-refractivity contribution in [2.45, 2.75) is 61.0 Å². The minimum atomic E-state index is -2.94. The van der Waals surface area contributed by atoms with Crippen molar-refractivity contribution in [1.29, 1.82) is 0 Å². The van der Waals surface area contributed by atoms with E-state index in [1.54, 1.807) is 0 Å². The molecule has 0 spiro atoms. The molecule has 27 heavy (non-hydrogen) atoms. The molecule has 0 fully saturated rings. The summed E-state index contributed by atoms with van der Waals surface area (Å²) in [5.41, 5.74) is -5.09. The number of aliphatic hydroxyl groups is 1. The summed E-state index contributed by atoms with van der Waals surface area (Å²) in [5.74, 6) is -9.02. The maximum Gasteiger partial charge on any atom is 0.337 e. The SMILES string of the molecule is CC(C)C(C(=O)O)C(O)(C(=O)O)C(C(=O)O)(C(C)C)C(C)C.CCOCC. The molecule has 0 saturated heterocycles. The van der Waals surface area contributed by atoms with Gasteiger partial charge < -0.3 is 25.2 Å². The summed E-state index contributed by atoms with van der Waals surface area (Å²) in [4.78, 5) is 35.4. The first-order chi connectivity index (χ1) is 12.2. The van der Waals surface area contributed by atoms with Crippen LogP contribution < -0.4 is 0 Å². The van der Waals surface area contributed by atoms with E-state index in [4.69, 9.17) is 4.74 Å². The molecule has 0 amide bonds. The van der Waals surface area contributed by atoms with E-state index in [9.17, 15) is 34.8 Å². The summed E-state index contributed by atoms with van der Waals surface area (Å²) in [5, 5.41) is 39.7. The third-order valence-electron chi connectivity index (χ3n) is 4.92. The highest BCUT2D eigenvalue weighted by Gasteiger charge is 2.69. The molecule has 4 N–H and O–H groups in total. The first kappa shape index (κ1) is 27.5. The van der Waals surface area contributed by atoms with Crippen LogP contribution in [0.1, 0.15) is 55.4 Å². The molecule has 0 aromatic heterocycles. The predicted molar refractivity (Wildman–Crippen MR) is 100 cm³/mol. The summed E-state index contributed by atoms with van der Waals surface area (Å²) < 4.78 is 4.83. The second-order valence-corrected chi connectivity index (χ2v) is 7.40. The highest BCUT2D eigenvalue weighted by atomic mass is 16.5. The van der Waals surface area contributed by atoms with E-state index in [0.717, 1.165) is 13.2 Å². The number of hydrogen-bond donors (Lipinski definition) is 4. The maximum atomic E-state index is 12.0. The van der Waals surface area contributed by atoms with E-state index in [-0.39, 0.29) is 0 Å². The quantitative estimate of drug-likeness (QED) is 0.444. The van der Waals surface area contributed by atoms with Gasteiger partial charge in [-0.25, -0.2) is 4.79 Å². The molecule has 0 aromatic carbocycles. The standard InChI is InChI=1S/C15H26O7.C4H10O/c1-7(2)10(11(16)17)15(22,13(20)21)14(8(3)4,9(5)6)12(18)19;1-3-5-4-2/h7-10,22H,1-6H3,(H,16,17)(H,18,19)(H,20,21);3-4H2,1-2H3. The van der Waals surface area contributed by atoms with Crippen LogP contribution in [0, 0.1) is 29.1 Å². The monoisotopic (exact) mass is 392 g/mol. The Bertz CT molecular complexity index is 488. The van der Waals surface area contributed by atoms with Crippen LogP contribution in [0.5, 0.6) is 0 Å². The van der Waals surface area contributed by atoms with Gasteiger partial charge in [0.2, 0.25) is 0 Å². The lowest BCUT2D eigenvalue weighted by molar-refractivity contribution is -0.221. The zero-order valence-corrected chi connectivity index (χ0v) is 17.6. The molecular formula is C19H36O8. The number of carboxylic acids is 3. The molecule has 0 aliphatic rings. The Morgan fingerprint density at radius 3 is 1.30 bits per heavy atom. The smallest absolute Gasteiger partial charge is 0.337 e. The second-order valence-electron chi connectivity index (χ2n) is 7.40. The molecule has 0 aromatic rings. The van der Waals surface area contributed by atoms with Crippen molar-refractivity contribution in [3.63, 3.8) is 0 Å². The maximum absolute atomic E-state index is 12.0. The van der Waals surface area contributed by atoms with Crippen LogP contribution in [0.4, 0.5) is 0 Å². The Hall–Kier alpha value is -1.67. The van der Waals surface area contributed by atoms with Gasteiger partial charge in [-0.1, -0.05) is 41.5 Å². The van der Waals surface area contributed by atoms with Gasteiger partial charge in [0.1, 0.15) is 5.41 Å². The lowest BCUT2D eigenvalue weighted by Crippen LogP contribution is -2.69. The average molecular weight is 392 g/mol. The van der Waals surface area contributed by atoms with E-state index in [2.05, 4.69) is 0 Å². The Balaban J connectivity index is 0. The Kier molecular flexibility index (Phi) is 11.5. The van der Waals surface area contributed by atoms with Gasteiger partial charge in [-0.2, -0.15) is 0 Å². The molecule has 2 unspecified atom stereocenters. The van der Waals surface area contributed by atoms with E-state index in [0.29, 0.717) is 0 Å². The Morgan fingerprint density at radius 1 is 0.815 bits per heavy atom. The first-order valence-corrected chi connectivity index (χ1v) is 9.20. The fraction of sp³-hybridized carbons (Fsp3) is 0.842. The van der Waals surface area contributed by atoms with E-state index >= 15 is 0 Å². The van der Waals surface area contributed by atoms with Crippen LogP contribution in [0.2, 0.25) is 0 Å². The molecule has 0 aliphatic carbocycles. The molecule has 0 aliphatic heterocycles. The van der Waals surface area contributed by atoms with Crippen LogP contribution in [0.3, 0.4) is 0 Å². The molecule has 2 atom stereocenters. The highest BCUT2D eigenvalue weighted by Crippen LogP contribution is 2.51. The van der Waals surface area contributed by atoms with Crippen molar-refractivity contribution < 1.29 is 39.5 Å². The molecule has 0 bridgehead atoms. The fourth-order valence-corrected chi connectivity index (χ4v) is 3.92. The molecule has 0 radical (unpaired) electrons. The van der Waals surface area contributed by atoms with Gasteiger partial charge in [0, 0.05) is 13.2 Å². The number of hydrogen-bond acceptors (Lipinski definition) is 5. The topological polar surface area (TPSA) is 141 Å². The van der Waals surface area contributed by atoms with Gasteiger partial charge in [0.25, 0.3) is 0 Å². The van der Waals surface area contributed by atoms with Crippen LogP contribution in [-0.4, -0.2) is 57.1 Å². The lowest BCUT2D eigenvalue weighted by Gasteiger charge is -2.50. The van der Waals surface area contributed by atoms with Crippen molar-refractivity contribution in [3.8, 4) is 0 Å². The van der Waals surface area contributed by atoms with Crippen LogP contribution in [-0.2, 0) is 19.1 Å². The molecule has 0 saturated carbocycles. The minimum Gasteiger partial charge on any atom is -0.481 e. The van der Waals surface area contributed by atoms with Gasteiger partial charge in [0.15, 0.2) is 5.60 Å². The van der Waals surface area contributed by atoms with Crippen molar-refractivity contribution in [1.82, 2.24) is 0 Å². The third kappa shape index (κ3) is 5.42. The van der Waals surface area contributed by atoms with Gasteiger partial charge >= 0.3 is 17.9 Å². The Labute approximate surface area is 161 Å². The zero-order valence-electron chi connectivity index (χ0n) is 17.6. The predicted octanol–water partition coefficient (Wildman–Crippen LogP) is 2.58. The molecule has 8 nitrogen and oxygen atoms in total. The highest BCUT2D eigenvalue weighted by molar-refractivity contribution is 5.93. The number of carboxylic acid groups (broad SMARTS) is 3. The van der Waals surface area contributed by atoms with Gasteiger partial charge in [-0.15, -0.1) is 0 Å². The van der Waals surface area contributed by atoms with Crippen molar-refractivity contribution in [2.24, 2.45) is 29.1 Å². The number of aliphatic carboxylic acids is 3. The summed E-state index contributed by atoms with van der Waals surface area (Å²) in [6.45, 7) is 14.4. The zero-order chi connectivity index (χ0) is 22.2. The molecule has 0 rings (SSSR count). The van der Waals surface area contributed by atoms with Crippen LogP contribution in [0.25, 0.3) is 0 Å². The number of carbonyl (C=O) groups is 3. The molecular weight excluding hydrogens is 356 g/mol. The fourth-order valence-electron chi connectivity index (χ4n) is 3.92. The van der Waals surface area contributed by atoms with Gasteiger partial charge in [0.05, 0.1) is 5.92 Å². The normalized spacial score (nSPS) is 15.1. The number of rotatable bonds is 10. The second kappa shape index (κ2) is 11.2. The lowest BCUT2D eigenvalue weighted by atomic mass is 9.53. The van der Waals surface area contributed by atoms with E-state index < -0.39 is 52.6 Å². The first-order valence-electron chi connectivity index (χ1n) is 9.20. The van der Waals surface area contributed by atoms with Crippen molar-refractivity contribution >= 4 is 17.9 Å².